The molecule has 1 heterocycles. The molecule has 2 fully saturated rings. The second-order valence-corrected chi connectivity index (χ2v) is 3.13. The highest BCUT2D eigenvalue weighted by molar-refractivity contribution is 5.00. The van der Waals surface area contributed by atoms with Crippen molar-refractivity contribution >= 4 is 0 Å². The fourth-order valence-corrected chi connectivity index (χ4v) is 1.86. The summed E-state index contributed by atoms with van der Waals surface area (Å²) < 4.78 is 5.42. The molecule has 2 nitrogen and oxygen atoms in total. The van der Waals surface area contributed by atoms with Gasteiger partial charge in [0.2, 0.25) is 0 Å². The minimum Gasteiger partial charge on any atom is -0.394 e. The lowest BCUT2D eigenvalue weighted by atomic mass is 10.2. The quantitative estimate of drug-likeness (QED) is 0.554. The SMILES string of the molecule is C[C@@H]1O[C@H](CO)C2CC21. The van der Waals surface area contributed by atoms with Crippen LogP contribution in [0.25, 0.3) is 0 Å². The highest BCUT2D eigenvalue weighted by Crippen LogP contribution is 2.51. The Bertz CT molecular complexity index is 124. The van der Waals surface area contributed by atoms with E-state index in [0.717, 1.165) is 5.92 Å². The van der Waals surface area contributed by atoms with E-state index in [2.05, 4.69) is 6.92 Å². The summed E-state index contributed by atoms with van der Waals surface area (Å²) in [6, 6.07) is 0. The minimum atomic E-state index is 0.171. The van der Waals surface area contributed by atoms with Gasteiger partial charge in [-0.3, -0.25) is 0 Å². The first-order valence-electron chi connectivity index (χ1n) is 3.59. The Morgan fingerprint density at radius 2 is 2.33 bits per heavy atom. The van der Waals surface area contributed by atoms with Crippen molar-refractivity contribution in [3.8, 4) is 0 Å². The Hall–Kier alpha value is -0.0800. The molecule has 0 bridgehead atoms. The number of hydrogen-bond acceptors (Lipinski definition) is 2. The number of fused-ring (bicyclic) bond motifs is 1. The minimum absolute atomic E-state index is 0.171. The number of aliphatic hydroxyl groups excluding tert-OH is 1. The van der Waals surface area contributed by atoms with Gasteiger partial charge in [-0.2, -0.15) is 0 Å². The largest absolute Gasteiger partial charge is 0.394 e. The summed E-state index contributed by atoms with van der Waals surface area (Å²) in [6.07, 6.45) is 1.86. The maximum absolute atomic E-state index is 8.76. The second-order valence-electron chi connectivity index (χ2n) is 3.13. The van der Waals surface area contributed by atoms with Crippen molar-refractivity contribution in [2.75, 3.05) is 6.61 Å². The summed E-state index contributed by atoms with van der Waals surface area (Å²) in [5.41, 5.74) is 0. The van der Waals surface area contributed by atoms with Crippen LogP contribution in [0.1, 0.15) is 13.3 Å². The molecule has 1 saturated heterocycles. The molecule has 9 heavy (non-hydrogen) atoms. The number of ether oxygens (including phenoxy) is 1. The topological polar surface area (TPSA) is 29.5 Å². The summed E-state index contributed by atoms with van der Waals surface area (Å²) in [5.74, 6) is 1.48. The second kappa shape index (κ2) is 1.70. The normalized spacial score (nSPS) is 55.3. The van der Waals surface area contributed by atoms with Gasteiger partial charge >= 0.3 is 0 Å². The molecule has 1 aliphatic carbocycles. The van der Waals surface area contributed by atoms with Crippen LogP contribution in [0.4, 0.5) is 0 Å². The number of aliphatic hydroxyl groups is 1. The molecule has 4 atom stereocenters. The van der Waals surface area contributed by atoms with E-state index in [4.69, 9.17) is 9.84 Å². The lowest BCUT2D eigenvalue weighted by Gasteiger charge is -2.11. The van der Waals surface area contributed by atoms with Crippen molar-refractivity contribution in [2.45, 2.75) is 25.6 Å². The zero-order valence-corrected chi connectivity index (χ0v) is 5.58. The monoisotopic (exact) mass is 128 g/mol. The Morgan fingerprint density at radius 3 is 2.56 bits per heavy atom. The Balaban J connectivity index is 2.00. The highest BCUT2D eigenvalue weighted by atomic mass is 16.5. The average Bonchev–Trinajstić information content (AvgIpc) is 2.56. The van der Waals surface area contributed by atoms with E-state index < -0.39 is 0 Å². The van der Waals surface area contributed by atoms with Crippen molar-refractivity contribution in [3.05, 3.63) is 0 Å². The van der Waals surface area contributed by atoms with Crippen LogP contribution in [0.2, 0.25) is 0 Å². The maximum atomic E-state index is 8.76. The molecular formula is C7H12O2. The molecule has 0 aromatic carbocycles. The fourth-order valence-electron chi connectivity index (χ4n) is 1.86. The van der Waals surface area contributed by atoms with Gasteiger partial charge < -0.3 is 9.84 Å². The number of rotatable bonds is 1. The van der Waals surface area contributed by atoms with Gasteiger partial charge in [0.05, 0.1) is 18.8 Å². The summed E-state index contributed by atoms with van der Waals surface area (Å²) in [6.45, 7) is 2.31. The third-order valence-electron chi connectivity index (χ3n) is 2.54. The predicted molar refractivity (Wildman–Crippen MR) is 33.0 cm³/mol. The summed E-state index contributed by atoms with van der Waals surface area (Å²) in [4.78, 5) is 0. The third-order valence-corrected chi connectivity index (χ3v) is 2.54. The molecule has 2 unspecified atom stereocenters. The van der Waals surface area contributed by atoms with Crippen LogP contribution in [-0.2, 0) is 4.74 Å². The smallest absolute Gasteiger partial charge is 0.0841 e. The van der Waals surface area contributed by atoms with E-state index in [1.807, 2.05) is 0 Å². The average molecular weight is 128 g/mol. The van der Waals surface area contributed by atoms with E-state index in [9.17, 15) is 0 Å². The van der Waals surface area contributed by atoms with E-state index >= 15 is 0 Å². The molecule has 0 aromatic heterocycles. The number of hydrogen-bond donors (Lipinski definition) is 1. The maximum Gasteiger partial charge on any atom is 0.0841 e. The standard InChI is InChI=1S/C7H12O2/c1-4-5-2-6(5)7(3-8)9-4/h4-8H,2-3H2,1H3/t4-,5?,6?,7+/m0/s1. The lowest BCUT2D eigenvalue weighted by molar-refractivity contribution is -0.00680. The van der Waals surface area contributed by atoms with E-state index in [-0.39, 0.29) is 12.7 Å². The van der Waals surface area contributed by atoms with Gasteiger partial charge in [0.1, 0.15) is 0 Å². The Morgan fingerprint density at radius 1 is 1.56 bits per heavy atom. The van der Waals surface area contributed by atoms with Crippen molar-refractivity contribution in [3.63, 3.8) is 0 Å². The molecule has 0 radical (unpaired) electrons. The van der Waals surface area contributed by atoms with Gasteiger partial charge in [-0.15, -0.1) is 0 Å². The zero-order chi connectivity index (χ0) is 6.43. The summed E-state index contributed by atoms with van der Waals surface area (Å²) in [7, 11) is 0. The first-order valence-corrected chi connectivity index (χ1v) is 3.59. The van der Waals surface area contributed by atoms with E-state index in [0.29, 0.717) is 12.0 Å². The van der Waals surface area contributed by atoms with Crippen LogP contribution >= 0.6 is 0 Å². The van der Waals surface area contributed by atoms with E-state index in [1.165, 1.54) is 6.42 Å². The molecule has 52 valence electrons. The van der Waals surface area contributed by atoms with Gasteiger partial charge in [-0.25, -0.2) is 0 Å². The van der Waals surface area contributed by atoms with Crippen molar-refractivity contribution in [2.24, 2.45) is 11.8 Å². The van der Waals surface area contributed by atoms with Gasteiger partial charge in [-0.05, 0) is 25.2 Å². The van der Waals surface area contributed by atoms with Gasteiger partial charge in [0.25, 0.3) is 0 Å². The molecule has 0 aromatic rings. The lowest BCUT2D eigenvalue weighted by Crippen LogP contribution is -2.18. The van der Waals surface area contributed by atoms with Crippen molar-refractivity contribution < 1.29 is 9.84 Å². The Labute approximate surface area is 54.8 Å². The van der Waals surface area contributed by atoms with Crippen LogP contribution < -0.4 is 0 Å². The first kappa shape index (κ1) is 5.69. The first-order chi connectivity index (χ1) is 4.33. The third kappa shape index (κ3) is 0.700. The van der Waals surface area contributed by atoms with Crippen LogP contribution in [0.3, 0.4) is 0 Å². The zero-order valence-electron chi connectivity index (χ0n) is 5.58. The van der Waals surface area contributed by atoms with Crippen LogP contribution in [0.15, 0.2) is 0 Å². The molecule has 0 spiro atoms. The molecule has 2 heteroatoms. The molecule has 1 aliphatic heterocycles. The summed E-state index contributed by atoms with van der Waals surface area (Å²) >= 11 is 0. The Kier molecular flexibility index (Phi) is 1.08. The van der Waals surface area contributed by atoms with Crippen molar-refractivity contribution in [1.82, 2.24) is 0 Å². The van der Waals surface area contributed by atoms with E-state index in [1.54, 1.807) is 0 Å². The van der Waals surface area contributed by atoms with Gasteiger partial charge in [0, 0.05) is 0 Å². The molecule has 2 aliphatic rings. The van der Waals surface area contributed by atoms with Crippen LogP contribution in [0, 0.1) is 11.8 Å². The van der Waals surface area contributed by atoms with Gasteiger partial charge in [-0.1, -0.05) is 0 Å². The fraction of sp³-hybridized carbons (Fsp3) is 1.00. The van der Waals surface area contributed by atoms with Crippen LogP contribution in [0.5, 0.6) is 0 Å². The van der Waals surface area contributed by atoms with Gasteiger partial charge in [0.15, 0.2) is 0 Å². The molecule has 2 rings (SSSR count). The molecule has 1 saturated carbocycles. The molecule has 0 amide bonds. The van der Waals surface area contributed by atoms with Crippen molar-refractivity contribution in [1.29, 1.82) is 0 Å². The molecule has 1 N–H and O–H groups in total. The highest BCUT2D eigenvalue weighted by Gasteiger charge is 2.53. The molecular weight excluding hydrogens is 116 g/mol. The van der Waals surface area contributed by atoms with Crippen LogP contribution in [-0.4, -0.2) is 23.9 Å². The predicted octanol–water partition coefficient (Wildman–Crippen LogP) is 0.402. The summed E-state index contributed by atoms with van der Waals surface area (Å²) in [5, 5.41) is 8.76.